The average Bonchev–Trinajstić information content (AvgIpc) is 2.11. The zero-order valence-electron chi connectivity index (χ0n) is 8.37. The molecule has 0 aliphatic rings. The van der Waals surface area contributed by atoms with Crippen LogP contribution >= 0.6 is 0 Å². The van der Waals surface area contributed by atoms with Crippen molar-refractivity contribution in [1.29, 1.82) is 0 Å². The van der Waals surface area contributed by atoms with Crippen molar-refractivity contribution in [1.82, 2.24) is 0 Å². The Labute approximate surface area is 78.8 Å². The molecule has 0 unspecified atom stereocenters. The minimum absolute atomic E-state index is 0.229. The van der Waals surface area contributed by atoms with E-state index < -0.39 is 0 Å². The summed E-state index contributed by atoms with van der Waals surface area (Å²) in [6.07, 6.45) is 3.29. The van der Waals surface area contributed by atoms with Gasteiger partial charge < -0.3 is 0 Å². The summed E-state index contributed by atoms with van der Waals surface area (Å²) in [5.41, 5.74) is 1.18. The van der Waals surface area contributed by atoms with Crippen LogP contribution in [0.25, 0.3) is 0 Å². The second kappa shape index (κ2) is 5.19. The number of aliphatic imine (C=N–C) groups is 1. The normalized spacial score (nSPS) is 11.8. The van der Waals surface area contributed by atoms with E-state index in [2.05, 4.69) is 18.3 Å². The molecule has 0 spiro atoms. The molecule has 0 aliphatic carbocycles. The smallest absolute Gasteiger partial charge is 0.261 e. The van der Waals surface area contributed by atoms with Crippen molar-refractivity contribution in [3.63, 3.8) is 0 Å². The summed E-state index contributed by atoms with van der Waals surface area (Å²) < 4.78 is 1.22. The Hall–Kier alpha value is -1.51. The number of nitrogens with zero attached hydrogens (tertiary/aromatic N) is 2. The molecule has 3 heteroatoms. The molecule has 0 fully saturated rings. The topological polar surface area (TPSA) is 32.4 Å². The zero-order valence-corrected chi connectivity index (χ0v) is 8.37. The maximum absolute atomic E-state index is 11.2. The van der Waals surface area contributed by atoms with Crippen molar-refractivity contribution in [2.45, 2.75) is 13.8 Å². The van der Waals surface area contributed by atoms with Crippen LogP contribution in [0.3, 0.4) is 0 Å². The van der Waals surface area contributed by atoms with Gasteiger partial charge in [0.1, 0.15) is 19.3 Å². The van der Waals surface area contributed by atoms with Crippen LogP contribution in [0.4, 0.5) is 0 Å². The first-order chi connectivity index (χ1) is 5.99. The largest absolute Gasteiger partial charge is 0.419 e. The second-order valence-corrected chi connectivity index (χ2v) is 2.72. The SMILES string of the molecule is C=C(C=NC(C)=CC)C(=O)[N+](=C)C. The van der Waals surface area contributed by atoms with Gasteiger partial charge in [-0.25, -0.2) is 4.79 Å². The molecule has 0 atom stereocenters. The Morgan fingerprint density at radius 2 is 2.08 bits per heavy atom. The summed E-state index contributed by atoms with van der Waals surface area (Å²) in [6, 6.07) is 0. The molecule has 70 valence electrons. The number of hydrogen-bond acceptors (Lipinski definition) is 2. The lowest BCUT2D eigenvalue weighted by Gasteiger charge is -1.92. The van der Waals surface area contributed by atoms with Crippen LogP contribution in [0.5, 0.6) is 0 Å². The minimum Gasteiger partial charge on any atom is -0.261 e. The van der Waals surface area contributed by atoms with E-state index in [4.69, 9.17) is 0 Å². The molecule has 0 aliphatic heterocycles. The second-order valence-electron chi connectivity index (χ2n) is 2.72. The number of carbonyl (C=O) groups is 1. The van der Waals surface area contributed by atoms with E-state index in [0.717, 1.165) is 5.70 Å². The van der Waals surface area contributed by atoms with E-state index in [1.807, 2.05) is 19.9 Å². The third-order valence-corrected chi connectivity index (χ3v) is 1.46. The monoisotopic (exact) mass is 179 g/mol. The molecule has 3 nitrogen and oxygen atoms in total. The van der Waals surface area contributed by atoms with Gasteiger partial charge in [0.2, 0.25) is 0 Å². The minimum atomic E-state index is -0.229. The van der Waals surface area contributed by atoms with Gasteiger partial charge in [-0.2, -0.15) is 4.58 Å². The third kappa shape index (κ3) is 4.15. The van der Waals surface area contributed by atoms with Crippen LogP contribution in [0.2, 0.25) is 0 Å². The fourth-order valence-electron chi connectivity index (χ4n) is 0.555. The van der Waals surface area contributed by atoms with Crippen molar-refractivity contribution >= 4 is 18.8 Å². The van der Waals surface area contributed by atoms with Gasteiger partial charge in [-0.05, 0) is 13.8 Å². The predicted octanol–water partition coefficient (Wildman–Crippen LogP) is 1.41. The van der Waals surface area contributed by atoms with Gasteiger partial charge in [-0.1, -0.05) is 12.7 Å². The van der Waals surface area contributed by atoms with Crippen molar-refractivity contribution in [2.24, 2.45) is 4.99 Å². The molecule has 0 heterocycles. The van der Waals surface area contributed by atoms with Crippen molar-refractivity contribution < 1.29 is 9.37 Å². The lowest BCUT2D eigenvalue weighted by Crippen LogP contribution is -2.16. The summed E-state index contributed by atoms with van der Waals surface area (Å²) in [5, 5.41) is 0. The molecule has 0 rings (SSSR count). The fraction of sp³-hybridized carbons (Fsp3) is 0.300. The molecule has 0 aromatic carbocycles. The van der Waals surface area contributed by atoms with Crippen LogP contribution in [0, 0.1) is 0 Å². The molecule has 0 aromatic heterocycles. The summed E-state index contributed by atoms with van der Waals surface area (Å²) in [7, 11) is 1.57. The molecule has 0 radical (unpaired) electrons. The molecule has 0 aromatic rings. The summed E-state index contributed by atoms with van der Waals surface area (Å²) in [4.78, 5) is 15.2. The summed E-state index contributed by atoms with van der Waals surface area (Å²) in [5.74, 6) is -0.229. The van der Waals surface area contributed by atoms with Crippen LogP contribution in [0.1, 0.15) is 13.8 Å². The third-order valence-electron chi connectivity index (χ3n) is 1.46. The molecule has 0 saturated carbocycles. The van der Waals surface area contributed by atoms with E-state index in [9.17, 15) is 4.79 Å². The Morgan fingerprint density at radius 3 is 2.46 bits per heavy atom. The molecule has 0 N–H and O–H groups in total. The number of carbonyl (C=O) groups excluding carboxylic acids is 1. The van der Waals surface area contributed by atoms with Gasteiger partial charge >= 0.3 is 5.91 Å². The van der Waals surface area contributed by atoms with E-state index >= 15 is 0 Å². The Bertz CT molecular complexity index is 298. The molecular weight excluding hydrogens is 164 g/mol. The molecule has 0 saturated heterocycles. The van der Waals surface area contributed by atoms with Gasteiger partial charge in [0, 0.05) is 11.9 Å². The molecular formula is C10H15N2O+. The number of rotatable bonds is 3. The molecule has 13 heavy (non-hydrogen) atoms. The van der Waals surface area contributed by atoms with Gasteiger partial charge in [-0.15, -0.1) is 0 Å². The maximum Gasteiger partial charge on any atom is 0.419 e. The van der Waals surface area contributed by atoms with Crippen molar-refractivity contribution in [3.05, 3.63) is 23.9 Å². The quantitative estimate of drug-likeness (QED) is 0.366. The summed E-state index contributed by atoms with van der Waals surface area (Å²) >= 11 is 0. The lowest BCUT2D eigenvalue weighted by atomic mass is 10.3. The molecule has 0 bridgehead atoms. The van der Waals surface area contributed by atoms with E-state index in [1.165, 1.54) is 10.8 Å². The number of hydrogen-bond donors (Lipinski definition) is 0. The van der Waals surface area contributed by atoms with E-state index in [-0.39, 0.29) is 5.91 Å². The Morgan fingerprint density at radius 1 is 1.54 bits per heavy atom. The fourth-order valence-corrected chi connectivity index (χ4v) is 0.555. The highest BCUT2D eigenvalue weighted by Gasteiger charge is 2.12. The van der Waals surface area contributed by atoms with Crippen molar-refractivity contribution in [2.75, 3.05) is 7.05 Å². The highest BCUT2D eigenvalue weighted by Crippen LogP contribution is 1.95. The number of allylic oxidation sites excluding steroid dienone is 2. The highest BCUT2D eigenvalue weighted by molar-refractivity contribution is 6.08. The van der Waals surface area contributed by atoms with Crippen molar-refractivity contribution in [3.8, 4) is 0 Å². The van der Waals surface area contributed by atoms with Gasteiger partial charge in [0.15, 0.2) is 0 Å². The Kier molecular flexibility index (Phi) is 4.59. The maximum atomic E-state index is 11.2. The van der Waals surface area contributed by atoms with Crippen LogP contribution in [0.15, 0.2) is 28.9 Å². The van der Waals surface area contributed by atoms with Crippen LogP contribution < -0.4 is 0 Å². The van der Waals surface area contributed by atoms with E-state index in [0.29, 0.717) is 5.57 Å². The van der Waals surface area contributed by atoms with Crippen LogP contribution in [-0.2, 0) is 4.79 Å². The first-order valence-electron chi connectivity index (χ1n) is 3.93. The van der Waals surface area contributed by atoms with Gasteiger partial charge in [0.05, 0.1) is 0 Å². The predicted molar refractivity (Wildman–Crippen MR) is 55.4 cm³/mol. The standard InChI is InChI=1S/C10H15N2O/c1-6-9(3)11-7-8(2)10(13)12(4)5/h6-7H,2,4H2,1,3,5H3/q+1. The average molecular weight is 179 g/mol. The first kappa shape index (κ1) is 11.5. The lowest BCUT2D eigenvalue weighted by molar-refractivity contribution is -0.404. The number of amides is 1. The van der Waals surface area contributed by atoms with E-state index in [1.54, 1.807) is 7.05 Å². The number of likely N-dealkylation sites (N-methyl/N-ethyl adjacent to an activating group) is 1. The summed E-state index contributed by atoms with van der Waals surface area (Å²) in [6.45, 7) is 10.8. The highest BCUT2D eigenvalue weighted by atomic mass is 16.2. The first-order valence-corrected chi connectivity index (χ1v) is 3.93. The van der Waals surface area contributed by atoms with Gasteiger partial charge in [-0.3, -0.25) is 4.99 Å². The Balaban J connectivity index is 4.41. The zero-order chi connectivity index (χ0) is 10.4. The van der Waals surface area contributed by atoms with Gasteiger partial charge in [0.25, 0.3) is 0 Å². The van der Waals surface area contributed by atoms with Crippen LogP contribution in [-0.4, -0.2) is 30.5 Å². The molecule has 1 amide bonds.